The molecule has 0 amide bonds. The van der Waals surface area contributed by atoms with Gasteiger partial charge in [0.05, 0.1) is 24.3 Å². The van der Waals surface area contributed by atoms with Crippen molar-refractivity contribution in [2.24, 2.45) is 10.8 Å². The number of rotatable bonds is 10. The summed E-state index contributed by atoms with van der Waals surface area (Å²) in [6.07, 6.45) is 11.5. The lowest BCUT2D eigenvalue weighted by Gasteiger charge is -2.43. The Morgan fingerprint density at radius 3 is 1.29 bits per heavy atom. The Hall–Kier alpha value is -3.94. The number of hydrogen-bond acceptors (Lipinski definition) is 8. The molecule has 2 heterocycles. The first kappa shape index (κ1) is 38.5. The number of ether oxygens (including phenoxy) is 2. The van der Waals surface area contributed by atoms with E-state index in [1.54, 1.807) is 26.0 Å². The molecule has 0 aromatic heterocycles. The molecule has 8 nitrogen and oxygen atoms in total. The monoisotopic (exact) mass is 660 g/mol. The van der Waals surface area contributed by atoms with Crippen LogP contribution in [0.3, 0.4) is 0 Å². The molecule has 0 fully saturated rings. The van der Waals surface area contributed by atoms with E-state index in [4.69, 9.17) is 9.47 Å². The molecule has 0 atom stereocenters. The fourth-order valence-corrected chi connectivity index (χ4v) is 5.90. The first-order valence-corrected chi connectivity index (χ1v) is 17.1. The molecule has 8 heteroatoms. The van der Waals surface area contributed by atoms with Crippen LogP contribution < -0.4 is 0 Å². The topological polar surface area (TPSA) is 93.2 Å². The predicted octanol–water partition coefficient (Wildman–Crippen LogP) is 8.03. The smallest absolute Gasteiger partial charge is 0.338 e. The molecule has 0 N–H and O–H groups in total. The van der Waals surface area contributed by atoms with E-state index in [0.29, 0.717) is 22.3 Å². The average molecular weight is 661 g/mol. The van der Waals surface area contributed by atoms with Crippen molar-refractivity contribution in [1.82, 2.24) is 9.80 Å². The van der Waals surface area contributed by atoms with E-state index in [-0.39, 0.29) is 57.8 Å². The Morgan fingerprint density at radius 1 is 0.667 bits per heavy atom. The Balaban J connectivity index is 2.12. The summed E-state index contributed by atoms with van der Waals surface area (Å²) < 4.78 is 10.7. The largest absolute Gasteiger partial charge is 0.462 e. The summed E-state index contributed by atoms with van der Waals surface area (Å²) in [5, 5.41) is 0. The second-order valence-electron chi connectivity index (χ2n) is 15.9. The zero-order chi connectivity index (χ0) is 36.2. The lowest BCUT2D eigenvalue weighted by Crippen LogP contribution is -2.44. The van der Waals surface area contributed by atoms with Gasteiger partial charge in [-0.15, -0.1) is 0 Å². The molecule has 262 valence electrons. The Bertz CT molecular complexity index is 1430. The first-order valence-electron chi connectivity index (χ1n) is 17.1. The summed E-state index contributed by atoms with van der Waals surface area (Å²) in [5.41, 5.74) is 1.41. The summed E-state index contributed by atoms with van der Waals surface area (Å²) in [7, 11) is 0. The highest BCUT2D eigenvalue weighted by Crippen LogP contribution is 2.39. The van der Waals surface area contributed by atoms with Crippen molar-refractivity contribution in [3.63, 3.8) is 0 Å². The van der Waals surface area contributed by atoms with Crippen LogP contribution in [0.25, 0.3) is 12.2 Å². The normalized spacial score (nSPS) is 18.1. The van der Waals surface area contributed by atoms with Crippen molar-refractivity contribution < 1.29 is 28.7 Å². The van der Waals surface area contributed by atoms with E-state index in [2.05, 4.69) is 79.0 Å². The van der Waals surface area contributed by atoms with Gasteiger partial charge in [0.1, 0.15) is 0 Å². The lowest BCUT2D eigenvalue weighted by molar-refractivity contribution is -0.113. The molecular weight excluding hydrogens is 604 g/mol. The van der Waals surface area contributed by atoms with Crippen LogP contribution in [0.2, 0.25) is 0 Å². The van der Waals surface area contributed by atoms with Crippen LogP contribution in [0.4, 0.5) is 0 Å². The molecule has 0 aliphatic carbocycles. The van der Waals surface area contributed by atoms with Crippen LogP contribution in [0.15, 0.2) is 47.8 Å². The third-order valence-corrected chi connectivity index (χ3v) is 9.28. The third-order valence-electron chi connectivity index (χ3n) is 9.28. The van der Waals surface area contributed by atoms with E-state index in [9.17, 15) is 19.2 Å². The van der Waals surface area contributed by atoms with E-state index in [1.165, 1.54) is 24.3 Å². The van der Waals surface area contributed by atoms with Crippen LogP contribution in [0.5, 0.6) is 0 Å². The highest BCUT2D eigenvalue weighted by atomic mass is 16.5. The highest BCUT2D eigenvalue weighted by Gasteiger charge is 2.36. The predicted molar refractivity (Wildman–Crippen MR) is 192 cm³/mol. The van der Waals surface area contributed by atoms with Crippen LogP contribution in [-0.2, 0) is 19.1 Å². The van der Waals surface area contributed by atoms with Crippen molar-refractivity contribution in [3.8, 4) is 0 Å². The molecule has 2 aliphatic heterocycles. The number of esters is 2. The van der Waals surface area contributed by atoms with Gasteiger partial charge in [-0.2, -0.15) is 0 Å². The van der Waals surface area contributed by atoms with Crippen LogP contribution >= 0.6 is 0 Å². The average Bonchev–Trinajstić information content (AvgIpc) is 2.97. The number of benzene rings is 1. The molecule has 0 bridgehead atoms. The van der Waals surface area contributed by atoms with Gasteiger partial charge in [-0.1, -0.05) is 39.8 Å². The standard InChI is InChI=1S/C40H56N2O6/c1-13-47-35(45)29-23-28(16-18-34(44)32-26-42(38(6,7)8)22-20-40(32,11)12)30(36(46)48-14-2)24-27(29)15-17-33(43)31-25-41(37(3,4)5)21-19-39(31,9)10/h15-18,23-26H,13-14,19-22H2,1-12H3/b17-15+,18-16+. The molecule has 0 radical (unpaired) electrons. The maximum absolute atomic E-state index is 13.7. The molecule has 0 saturated heterocycles. The lowest BCUT2D eigenvalue weighted by atomic mass is 9.76. The minimum Gasteiger partial charge on any atom is -0.462 e. The summed E-state index contributed by atoms with van der Waals surface area (Å²) in [5.74, 6) is -1.56. The van der Waals surface area contributed by atoms with Crippen molar-refractivity contribution in [2.45, 2.75) is 107 Å². The molecular formula is C40H56N2O6. The van der Waals surface area contributed by atoms with Crippen LogP contribution in [0, 0.1) is 10.8 Å². The van der Waals surface area contributed by atoms with E-state index >= 15 is 0 Å². The maximum atomic E-state index is 13.7. The molecule has 3 rings (SSSR count). The van der Waals surface area contributed by atoms with Gasteiger partial charge in [-0.3, -0.25) is 9.59 Å². The van der Waals surface area contributed by atoms with Gasteiger partial charge in [0, 0.05) is 47.7 Å². The number of carbonyl (C=O) groups excluding carboxylic acids is 4. The zero-order valence-corrected chi connectivity index (χ0v) is 31.2. The SMILES string of the molecule is CCOC(=O)c1cc(/C=C/C(=O)C2=CN(C(C)(C)C)CCC2(C)C)c(C(=O)OCC)cc1/C=C/C(=O)C1=CN(C(C)(C)C)CCC1(C)C. The Labute approximate surface area is 287 Å². The molecule has 0 unspecified atom stereocenters. The number of hydrogen-bond donors (Lipinski definition) is 0. The van der Waals surface area contributed by atoms with Gasteiger partial charge in [-0.25, -0.2) is 9.59 Å². The van der Waals surface area contributed by atoms with Crippen molar-refractivity contribution >= 4 is 35.7 Å². The minimum atomic E-state index is -0.603. The molecule has 1 aromatic carbocycles. The van der Waals surface area contributed by atoms with E-state index in [1.807, 2.05) is 12.4 Å². The van der Waals surface area contributed by atoms with Gasteiger partial charge in [0.25, 0.3) is 0 Å². The molecule has 2 aliphatic rings. The van der Waals surface area contributed by atoms with Gasteiger partial charge >= 0.3 is 11.9 Å². The van der Waals surface area contributed by atoms with Crippen LogP contribution in [0.1, 0.15) is 128 Å². The Morgan fingerprint density at radius 2 is 1.00 bits per heavy atom. The van der Waals surface area contributed by atoms with Gasteiger partial charge in [-0.05, 0) is 114 Å². The van der Waals surface area contributed by atoms with Gasteiger partial charge in [0.2, 0.25) is 0 Å². The van der Waals surface area contributed by atoms with Crippen LogP contribution in [-0.4, -0.2) is 70.7 Å². The number of nitrogens with zero attached hydrogens (tertiary/aromatic N) is 2. The third kappa shape index (κ3) is 9.14. The summed E-state index contributed by atoms with van der Waals surface area (Å²) >= 11 is 0. The summed E-state index contributed by atoms with van der Waals surface area (Å²) in [6, 6.07) is 3.07. The fraction of sp³-hybridized carbons (Fsp3) is 0.550. The van der Waals surface area contributed by atoms with E-state index in [0.717, 1.165) is 25.9 Å². The number of carbonyl (C=O) groups is 4. The summed E-state index contributed by atoms with van der Waals surface area (Å²) in [4.78, 5) is 58.2. The van der Waals surface area contributed by atoms with Gasteiger partial charge < -0.3 is 19.3 Å². The molecule has 0 saturated carbocycles. The quantitative estimate of drug-likeness (QED) is 0.184. The van der Waals surface area contributed by atoms with E-state index < -0.39 is 11.9 Å². The molecule has 48 heavy (non-hydrogen) atoms. The number of ketones is 2. The number of allylic oxidation sites excluding steroid dienone is 4. The maximum Gasteiger partial charge on any atom is 0.338 e. The first-order chi connectivity index (χ1) is 22.1. The Kier molecular flexibility index (Phi) is 11.8. The minimum absolute atomic E-state index is 0.140. The van der Waals surface area contributed by atoms with Crippen molar-refractivity contribution in [1.29, 1.82) is 0 Å². The fourth-order valence-electron chi connectivity index (χ4n) is 5.90. The van der Waals surface area contributed by atoms with Crippen molar-refractivity contribution in [2.75, 3.05) is 26.3 Å². The van der Waals surface area contributed by atoms with Crippen molar-refractivity contribution in [3.05, 3.63) is 70.1 Å². The summed E-state index contributed by atoms with van der Waals surface area (Å²) in [6.45, 7) is 26.3. The zero-order valence-electron chi connectivity index (χ0n) is 31.2. The second kappa shape index (κ2) is 14.7. The molecule has 1 aromatic rings. The highest BCUT2D eigenvalue weighted by molar-refractivity contribution is 6.10. The van der Waals surface area contributed by atoms with Gasteiger partial charge in [0.15, 0.2) is 11.6 Å². The second-order valence-corrected chi connectivity index (χ2v) is 15.9. The molecule has 0 spiro atoms.